The molecule has 0 aliphatic heterocycles. The van der Waals surface area contributed by atoms with Crippen molar-refractivity contribution in [2.75, 3.05) is 12.4 Å². The number of anilines is 1. The first kappa shape index (κ1) is 21.5. The summed E-state index contributed by atoms with van der Waals surface area (Å²) in [6.07, 6.45) is 4.99. The molecule has 0 saturated carbocycles. The first-order valence-electron chi connectivity index (χ1n) is 10.0. The van der Waals surface area contributed by atoms with Gasteiger partial charge in [0, 0.05) is 16.5 Å². The van der Waals surface area contributed by atoms with Gasteiger partial charge in [0.15, 0.2) is 0 Å². The predicted molar refractivity (Wildman–Crippen MR) is 120 cm³/mol. The number of esters is 1. The number of aryl methyl sites for hydroxylation is 1. The Morgan fingerprint density at radius 3 is 2.81 bits per heavy atom. The van der Waals surface area contributed by atoms with Crippen molar-refractivity contribution in [3.63, 3.8) is 0 Å². The van der Waals surface area contributed by atoms with Gasteiger partial charge in [-0.25, -0.2) is 9.18 Å². The van der Waals surface area contributed by atoms with Crippen molar-refractivity contribution in [2.24, 2.45) is 0 Å². The number of carbonyl (C=O) groups excluding carboxylic acids is 2. The third kappa shape index (κ3) is 4.97. The second-order valence-electron chi connectivity index (χ2n) is 7.28. The second kappa shape index (κ2) is 9.62. The van der Waals surface area contributed by atoms with Crippen LogP contribution in [-0.4, -0.2) is 19.0 Å². The van der Waals surface area contributed by atoms with Gasteiger partial charge in [0.25, 0.3) is 5.91 Å². The Bertz CT molecular complexity index is 1100. The molecular weight excluding hydrogens is 437 g/mol. The molecule has 5 nitrogen and oxygen atoms in total. The van der Waals surface area contributed by atoms with Crippen molar-refractivity contribution >= 4 is 39.6 Å². The Balaban J connectivity index is 1.48. The van der Waals surface area contributed by atoms with Crippen LogP contribution in [0.25, 0.3) is 0 Å². The molecule has 0 atom stereocenters. The number of hydrogen-bond acceptors (Lipinski definition) is 6. The Morgan fingerprint density at radius 2 is 2.00 bits per heavy atom. The highest BCUT2D eigenvalue weighted by molar-refractivity contribution is 7.17. The quantitative estimate of drug-likeness (QED) is 0.372. The van der Waals surface area contributed by atoms with Crippen molar-refractivity contribution < 1.29 is 23.5 Å². The SMILES string of the molecule is COC(=O)c1c(NC(=O)c2cc(COc3cccc(F)c3)cs2)sc2c1CCCCC2. The first-order valence-corrected chi connectivity index (χ1v) is 11.7. The number of methoxy groups -OCH3 is 1. The molecule has 2 aromatic heterocycles. The Kier molecular flexibility index (Phi) is 6.67. The molecule has 1 aliphatic carbocycles. The molecule has 1 N–H and O–H groups in total. The van der Waals surface area contributed by atoms with Gasteiger partial charge >= 0.3 is 5.97 Å². The van der Waals surface area contributed by atoms with Crippen molar-refractivity contribution in [1.29, 1.82) is 0 Å². The fourth-order valence-electron chi connectivity index (χ4n) is 3.61. The number of benzene rings is 1. The van der Waals surface area contributed by atoms with Gasteiger partial charge in [-0.15, -0.1) is 22.7 Å². The molecule has 2 heterocycles. The molecule has 1 aromatic carbocycles. The highest BCUT2D eigenvalue weighted by atomic mass is 32.1. The lowest BCUT2D eigenvalue weighted by atomic mass is 10.1. The van der Waals surface area contributed by atoms with E-state index in [2.05, 4.69) is 5.32 Å². The summed E-state index contributed by atoms with van der Waals surface area (Å²) in [6, 6.07) is 7.67. The normalized spacial score (nSPS) is 13.2. The zero-order valence-electron chi connectivity index (χ0n) is 17.0. The minimum Gasteiger partial charge on any atom is -0.489 e. The van der Waals surface area contributed by atoms with Crippen LogP contribution in [0.4, 0.5) is 9.39 Å². The summed E-state index contributed by atoms with van der Waals surface area (Å²) in [4.78, 5) is 27.0. The van der Waals surface area contributed by atoms with E-state index in [9.17, 15) is 14.0 Å². The lowest BCUT2D eigenvalue weighted by molar-refractivity contribution is 0.0601. The third-order valence-corrected chi connectivity index (χ3v) is 7.30. The van der Waals surface area contributed by atoms with Crippen molar-refractivity contribution in [3.8, 4) is 5.75 Å². The number of amides is 1. The average molecular weight is 460 g/mol. The van der Waals surface area contributed by atoms with Crippen LogP contribution in [0, 0.1) is 5.82 Å². The average Bonchev–Trinajstić information content (AvgIpc) is 3.30. The number of carbonyl (C=O) groups is 2. The van der Waals surface area contributed by atoms with E-state index >= 15 is 0 Å². The van der Waals surface area contributed by atoms with E-state index in [-0.39, 0.29) is 18.3 Å². The van der Waals surface area contributed by atoms with Gasteiger partial charge in [-0.2, -0.15) is 0 Å². The molecular formula is C23H22FNO4S2. The second-order valence-corrected chi connectivity index (χ2v) is 9.30. The van der Waals surface area contributed by atoms with Crippen molar-refractivity contribution in [1.82, 2.24) is 0 Å². The smallest absolute Gasteiger partial charge is 0.341 e. The molecule has 0 bridgehead atoms. The number of hydrogen-bond donors (Lipinski definition) is 1. The van der Waals surface area contributed by atoms with E-state index < -0.39 is 5.97 Å². The zero-order chi connectivity index (χ0) is 21.8. The van der Waals surface area contributed by atoms with E-state index in [1.807, 2.05) is 5.38 Å². The number of rotatable bonds is 6. The highest BCUT2D eigenvalue weighted by Gasteiger charge is 2.26. The topological polar surface area (TPSA) is 64.6 Å². The van der Waals surface area contributed by atoms with Gasteiger partial charge in [0.2, 0.25) is 0 Å². The summed E-state index contributed by atoms with van der Waals surface area (Å²) in [5, 5.41) is 5.30. The molecule has 0 spiro atoms. The summed E-state index contributed by atoms with van der Waals surface area (Å²) in [7, 11) is 1.36. The van der Waals surface area contributed by atoms with Crippen LogP contribution in [-0.2, 0) is 24.2 Å². The highest BCUT2D eigenvalue weighted by Crippen LogP contribution is 2.38. The Hall–Kier alpha value is -2.71. The molecule has 0 unspecified atom stereocenters. The van der Waals surface area contributed by atoms with E-state index in [1.54, 1.807) is 18.2 Å². The van der Waals surface area contributed by atoms with Crippen LogP contribution in [0.1, 0.15) is 55.3 Å². The minimum absolute atomic E-state index is 0.230. The van der Waals surface area contributed by atoms with E-state index in [0.717, 1.165) is 48.1 Å². The first-order chi connectivity index (χ1) is 15.0. The Labute approximate surface area is 187 Å². The standard InChI is InChI=1S/C23H22FNO4S2/c1-28-23(27)20-17-8-3-2-4-9-18(17)31-22(20)25-21(26)19-10-14(13-30-19)12-29-16-7-5-6-15(24)11-16/h5-7,10-11,13H,2-4,8-9,12H2,1H3,(H,25,26). The lowest BCUT2D eigenvalue weighted by Crippen LogP contribution is -2.13. The Morgan fingerprint density at radius 1 is 1.16 bits per heavy atom. The van der Waals surface area contributed by atoms with Gasteiger partial charge in [-0.3, -0.25) is 4.79 Å². The molecule has 0 saturated heterocycles. The molecule has 31 heavy (non-hydrogen) atoms. The number of halogens is 1. The van der Waals surface area contributed by atoms with Gasteiger partial charge in [-0.1, -0.05) is 12.5 Å². The molecule has 0 radical (unpaired) electrons. The third-order valence-electron chi connectivity index (χ3n) is 5.12. The fourth-order valence-corrected chi connectivity index (χ4v) is 5.67. The number of nitrogens with one attached hydrogen (secondary N) is 1. The molecule has 8 heteroatoms. The van der Waals surface area contributed by atoms with Crippen LogP contribution in [0.2, 0.25) is 0 Å². The summed E-state index contributed by atoms with van der Waals surface area (Å²) >= 11 is 2.77. The van der Waals surface area contributed by atoms with Crippen LogP contribution < -0.4 is 10.1 Å². The van der Waals surface area contributed by atoms with E-state index in [1.165, 1.54) is 41.9 Å². The van der Waals surface area contributed by atoms with Gasteiger partial charge in [0.05, 0.1) is 17.6 Å². The van der Waals surface area contributed by atoms with Gasteiger partial charge < -0.3 is 14.8 Å². The van der Waals surface area contributed by atoms with Crippen molar-refractivity contribution in [2.45, 2.75) is 38.7 Å². The monoisotopic (exact) mass is 459 g/mol. The summed E-state index contributed by atoms with van der Waals surface area (Å²) < 4.78 is 23.9. The molecule has 0 fully saturated rings. The van der Waals surface area contributed by atoms with Crippen LogP contribution in [0.3, 0.4) is 0 Å². The zero-order valence-corrected chi connectivity index (χ0v) is 18.7. The van der Waals surface area contributed by atoms with E-state index in [4.69, 9.17) is 9.47 Å². The maximum absolute atomic E-state index is 13.3. The number of ether oxygens (including phenoxy) is 2. The van der Waals surface area contributed by atoms with Crippen LogP contribution in [0.15, 0.2) is 35.7 Å². The summed E-state index contributed by atoms with van der Waals surface area (Å²) in [6.45, 7) is 0.230. The number of fused-ring (bicyclic) bond motifs is 1. The lowest BCUT2D eigenvalue weighted by Gasteiger charge is -2.07. The van der Waals surface area contributed by atoms with Crippen LogP contribution in [0.5, 0.6) is 5.75 Å². The molecule has 162 valence electrons. The maximum Gasteiger partial charge on any atom is 0.341 e. The van der Waals surface area contributed by atoms with Crippen molar-refractivity contribution in [3.05, 3.63) is 68.0 Å². The minimum atomic E-state index is -0.412. The number of thiophene rings is 2. The molecule has 1 aliphatic rings. The molecule has 4 rings (SSSR count). The van der Waals surface area contributed by atoms with Gasteiger partial charge in [0.1, 0.15) is 23.2 Å². The van der Waals surface area contributed by atoms with Crippen LogP contribution >= 0.6 is 22.7 Å². The molecule has 3 aromatic rings. The fraction of sp³-hybridized carbons (Fsp3) is 0.304. The molecule has 1 amide bonds. The van der Waals surface area contributed by atoms with Gasteiger partial charge in [-0.05, 0) is 54.8 Å². The summed E-state index contributed by atoms with van der Waals surface area (Å²) in [5.41, 5.74) is 2.32. The largest absolute Gasteiger partial charge is 0.489 e. The summed E-state index contributed by atoms with van der Waals surface area (Å²) in [5.74, 6) is -0.618. The maximum atomic E-state index is 13.3. The predicted octanol–water partition coefficient (Wildman–Crippen LogP) is 5.84. The van der Waals surface area contributed by atoms with E-state index in [0.29, 0.717) is 21.2 Å².